The fraction of sp³-hybridized carbons (Fsp3) is 0.500. The molecular weight excluding hydrogens is 212 g/mol. The van der Waals surface area contributed by atoms with E-state index in [0.29, 0.717) is 19.0 Å². The second-order valence-electron chi connectivity index (χ2n) is 4.65. The predicted octanol–water partition coefficient (Wildman–Crippen LogP) is 2.03. The molecule has 0 aliphatic heterocycles. The lowest BCUT2D eigenvalue weighted by atomic mass is 9.96. The number of hydrogen-bond donors (Lipinski definition) is 2. The summed E-state index contributed by atoms with van der Waals surface area (Å²) in [5.74, 6) is 0.671. The van der Waals surface area contributed by atoms with E-state index in [1.165, 1.54) is 31.2 Å². The van der Waals surface area contributed by atoms with Gasteiger partial charge in [-0.1, -0.05) is 25.0 Å². The highest BCUT2D eigenvalue weighted by molar-refractivity contribution is 5.94. The van der Waals surface area contributed by atoms with Crippen LogP contribution in [0, 0.1) is 0 Å². The third kappa shape index (κ3) is 3.07. The Morgan fingerprint density at radius 1 is 1.24 bits per heavy atom. The van der Waals surface area contributed by atoms with Crippen LogP contribution >= 0.6 is 0 Å². The van der Waals surface area contributed by atoms with Crippen LogP contribution in [0.25, 0.3) is 0 Å². The van der Waals surface area contributed by atoms with Crippen molar-refractivity contribution in [3.63, 3.8) is 0 Å². The van der Waals surface area contributed by atoms with Crippen LogP contribution in [0.5, 0.6) is 0 Å². The molecule has 1 aromatic rings. The van der Waals surface area contributed by atoms with E-state index in [-0.39, 0.29) is 5.91 Å². The Kier molecular flexibility index (Phi) is 4.15. The first-order chi connectivity index (χ1) is 8.31. The first kappa shape index (κ1) is 12.1. The molecule has 0 radical (unpaired) electrons. The summed E-state index contributed by atoms with van der Waals surface area (Å²) >= 11 is 0. The molecule has 0 spiro atoms. The van der Waals surface area contributed by atoms with E-state index in [1.54, 1.807) is 0 Å². The molecule has 0 aromatic heterocycles. The van der Waals surface area contributed by atoms with Crippen LogP contribution in [0.15, 0.2) is 24.3 Å². The van der Waals surface area contributed by atoms with Gasteiger partial charge in [0.1, 0.15) is 0 Å². The number of carbonyl (C=O) groups is 1. The van der Waals surface area contributed by atoms with Crippen LogP contribution in [0.3, 0.4) is 0 Å². The summed E-state index contributed by atoms with van der Waals surface area (Å²) in [6.07, 6.45) is 5.25. The lowest BCUT2D eigenvalue weighted by Gasteiger charge is -2.10. The topological polar surface area (TPSA) is 55.1 Å². The number of nitrogens with two attached hydrogens (primary N) is 1. The largest absolute Gasteiger partial charge is 0.351 e. The van der Waals surface area contributed by atoms with E-state index in [1.807, 2.05) is 12.1 Å². The van der Waals surface area contributed by atoms with Gasteiger partial charge in [0.2, 0.25) is 0 Å². The third-order valence-electron chi connectivity index (χ3n) is 3.43. The fourth-order valence-corrected chi connectivity index (χ4v) is 2.45. The van der Waals surface area contributed by atoms with Gasteiger partial charge in [0.15, 0.2) is 0 Å². The maximum absolute atomic E-state index is 11.7. The second kappa shape index (κ2) is 5.82. The third-order valence-corrected chi connectivity index (χ3v) is 3.43. The van der Waals surface area contributed by atoms with Crippen molar-refractivity contribution in [3.8, 4) is 0 Å². The van der Waals surface area contributed by atoms with Crippen molar-refractivity contribution in [2.45, 2.75) is 31.6 Å². The maximum atomic E-state index is 11.7. The molecule has 3 nitrogen and oxygen atoms in total. The molecule has 92 valence electrons. The molecule has 1 saturated carbocycles. The van der Waals surface area contributed by atoms with E-state index in [0.717, 1.165) is 5.56 Å². The average Bonchev–Trinajstić information content (AvgIpc) is 2.90. The minimum absolute atomic E-state index is 0.0339. The van der Waals surface area contributed by atoms with Crippen molar-refractivity contribution >= 4 is 5.91 Å². The van der Waals surface area contributed by atoms with Gasteiger partial charge in [-0.2, -0.15) is 0 Å². The summed E-state index contributed by atoms with van der Waals surface area (Å²) in [6.45, 7) is 1.01. The van der Waals surface area contributed by atoms with Crippen molar-refractivity contribution < 1.29 is 4.79 Å². The highest BCUT2D eigenvalue weighted by Crippen LogP contribution is 2.33. The monoisotopic (exact) mass is 232 g/mol. The lowest BCUT2D eigenvalue weighted by Crippen LogP contribution is -2.28. The Bertz CT molecular complexity index is 366. The molecule has 1 fully saturated rings. The van der Waals surface area contributed by atoms with Gasteiger partial charge in [0, 0.05) is 18.7 Å². The number of rotatable bonds is 4. The van der Waals surface area contributed by atoms with Crippen LogP contribution < -0.4 is 11.1 Å². The molecule has 0 saturated heterocycles. The number of amides is 1. The maximum Gasteiger partial charge on any atom is 0.251 e. The van der Waals surface area contributed by atoms with Crippen LogP contribution in [0.1, 0.15) is 47.5 Å². The van der Waals surface area contributed by atoms with E-state index in [2.05, 4.69) is 17.4 Å². The SMILES string of the molecule is NCCNC(=O)c1ccc(C2CCCC2)cc1. The lowest BCUT2D eigenvalue weighted by molar-refractivity contribution is 0.0954. The molecule has 1 aliphatic carbocycles. The van der Waals surface area contributed by atoms with Gasteiger partial charge in [0.25, 0.3) is 5.91 Å². The Balaban J connectivity index is 1.99. The van der Waals surface area contributed by atoms with Crippen molar-refractivity contribution in [1.29, 1.82) is 0 Å². The van der Waals surface area contributed by atoms with Gasteiger partial charge in [-0.05, 0) is 36.5 Å². The number of nitrogens with one attached hydrogen (secondary N) is 1. The predicted molar refractivity (Wildman–Crippen MR) is 69.0 cm³/mol. The molecule has 17 heavy (non-hydrogen) atoms. The highest BCUT2D eigenvalue weighted by Gasteiger charge is 2.17. The van der Waals surface area contributed by atoms with Crippen molar-refractivity contribution in [3.05, 3.63) is 35.4 Å². The quantitative estimate of drug-likeness (QED) is 0.834. The molecule has 1 aromatic carbocycles. The standard InChI is InChI=1S/C14H20N2O/c15-9-10-16-14(17)13-7-5-12(6-8-13)11-3-1-2-4-11/h5-8,11H,1-4,9-10,15H2,(H,16,17). The average molecular weight is 232 g/mol. The molecule has 1 aliphatic rings. The summed E-state index contributed by atoms with van der Waals surface area (Å²) in [5, 5.41) is 2.77. The van der Waals surface area contributed by atoms with E-state index < -0.39 is 0 Å². The number of benzene rings is 1. The van der Waals surface area contributed by atoms with E-state index in [4.69, 9.17) is 5.73 Å². The molecular formula is C14H20N2O. The molecule has 3 N–H and O–H groups in total. The Morgan fingerprint density at radius 2 is 1.88 bits per heavy atom. The number of hydrogen-bond acceptors (Lipinski definition) is 2. The summed E-state index contributed by atoms with van der Waals surface area (Å²) in [6, 6.07) is 8.01. The van der Waals surface area contributed by atoms with Crippen molar-refractivity contribution in [2.75, 3.05) is 13.1 Å². The number of carbonyl (C=O) groups excluding carboxylic acids is 1. The Labute approximate surface area is 102 Å². The zero-order valence-electron chi connectivity index (χ0n) is 10.1. The Morgan fingerprint density at radius 3 is 2.47 bits per heavy atom. The molecule has 3 heteroatoms. The molecule has 0 unspecified atom stereocenters. The molecule has 2 rings (SSSR count). The first-order valence-corrected chi connectivity index (χ1v) is 6.39. The molecule has 0 atom stereocenters. The summed E-state index contributed by atoms with van der Waals surface area (Å²) in [5.41, 5.74) is 7.44. The van der Waals surface area contributed by atoms with Crippen molar-refractivity contribution in [2.24, 2.45) is 5.73 Å². The normalized spacial score (nSPS) is 16.1. The Hall–Kier alpha value is -1.35. The van der Waals surface area contributed by atoms with Gasteiger partial charge >= 0.3 is 0 Å². The van der Waals surface area contributed by atoms with Gasteiger partial charge in [-0.3, -0.25) is 4.79 Å². The minimum Gasteiger partial charge on any atom is -0.351 e. The van der Waals surface area contributed by atoms with Crippen LogP contribution in [0.4, 0.5) is 0 Å². The molecule has 0 bridgehead atoms. The fourth-order valence-electron chi connectivity index (χ4n) is 2.45. The van der Waals surface area contributed by atoms with Crippen LogP contribution in [-0.4, -0.2) is 19.0 Å². The molecule has 1 amide bonds. The van der Waals surface area contributed by atoms with Crippen LogP contribution in [0.2, 0.25) is 0 Å². The summed E-state index contributed by atoms with van der Waals surface area (Å²) < 4.78 is 0. The van der Waals surface area contributed by atoms with Gasteiger partial charge in [-0.15, -0.1) is 0 Å². The smallest absolute Gasteiger partial charge is 0.251 e. The van der Waals surface area contributed by atoms with E-state index >= 15 is 0 Å². The van der Waals surface area contributed by atoms with Gasteiger partial charge < -0.3 is 11.1 Å². The van der Waals surface area contributed by atoms with Gasteiger partial charge in [0.05, 0.1) is 0 Å². The minimum atomic E-state index is -0.0339. The zero-order chi connectivity index (χ0) is 12.1. The van der Waals surface area contributed by atoms with E-state index in [9.17, 15) is 4.79 Å². The second-order valence-corrected chi connectivity index (χ2v) is 4.65. The van der Waals surface area contributed by atoms with Crippen LogP contribution in [-0.2, 0) is 0 Å². The zero-order valence-corrected chi connectivity index (χ0v) is 10.1. The van der Waals surface area contributed by atoms with Gasteiger partial charge in [-0.25, -0.2) is 0 Å². The first-order valence-electron chi connectivity index (χ1n) is 6.39. The van der Waals surface area contributed by atoms with Crippen molar-refractivity contribution in [1.82, 2.24) is 5.32 Å². The molecule has 0 heterocycles. The highest BCUT2D eigenvalue weighted by atomic mass is 16.1. The summed E-state index contributed by atoms with van der Waals surface area (Å²) in [4.78, 5) is 11.7. The summed E-state index contributed by atoms with van der Waals surface area (Å²) in [7, 11) is 0.